The van der Waals surface area contributed by atoms with Crippen molar-refractivity contribution in [3.63, 3.8) is 0 Å². The Labute approximate surface area is 143 Å². The lowest BCUT2D eigenvalue weighted by Crippen LogP contribution is -2.41. The minimum atomic E-state index is -2.04. The van der Waals surface area contributed by atoms with Crippen molar-refractivity contribution in [2.45, 2.75) is 45.0 Å². The first kappa shape index (κ1) is 18.8. The monoisotopic (exact) mass is 352 g/mol. The van der Waals surface area contributed by atoms with Gasteiger partial charge in [0.2, 0.25) is 0 Å². The lowest BCUT2D eigenvalue weighted by molar-refractivity contribution is 0.0983. The summed E-state index contributed by atoms with van der Waals surface area (Å²) < 4.78 is 25.4. The number of aliphatic hydroxyl groups excluding tert-OH is 1. The Bertz CT molecular complexity index is 732. The van der Waals surface area contributed by atoms with Crippen LogP contribution in [0.15, 0.2) is 18.3 Å². The molecule has 0 bridgehead atoms. The zero-order valence-electron chi connectivity index (χ0n) is 15.1. The minimum Gasteiger partial charge on any atom is -0.467 e. The first-order valence-corrected chi connectivity index (χ1v) is 10.8. The molecule has 0 amide bonds. The van der Waals surface area contributed by atoms with Gasteiger partial charge in [-0.25, -0.2) is 9.37 Å². The molecule has 0 aliphatic heterocycles. The molecule has 0 radical (unpaired) electrons. The highest BCUT2D eigenvalue weighted by molar-refractivity contribution is 6.74. The van der Waals surface area contributed by atoms with Gasteiger partial charge in [0.25, 0.3) is 0 Å². The van der Waals surface area contributed by atoms with Gasteiger partial charge in [0.1, 0.15) is 11.9 Å². The smallest absolute Gasteiger partial charge is 0.316 e. The third kappa shape index (κ3) is 3.74. The first-order chi connectivity index (χ1) is 11.1. The number of methoxy groups -OCH3 is 1. The zero-order valence-corrected chi connectivity index (χ0v) is 16.1. The number of aromatic nitrogens is 2. The summed E-state index contributed by atoms with van der Waals surface area (Å²) in [4.78, 5) is 8.20. The third-order valence-electron chi connectivity index (χ3n) is 4.64. The van der Waals surface area contributed by atoms with Gasteiger partial charge < -0.3 is 14.3 Å². The molecule has 24 heavy (non-hydrogen) atoms. The Morgan fingerprint density at radius 1 is 1.29 bits per heavy atom. The Kier molecular flexibility index (Phi) is 5.27. The molecule has 0 saturated carbocycles. The second kappa shape index (κ2) is 6.74. The van der Waals surface area contributed by atoms with E-state index in [2.05, 4.69) is 43.8 Å². The van der Waals surface area contributed by atoms with Crippen molar-refractivity contribution in [3.05, 3.63) is 29.7 Å². The van der Waals surface area contributed by atoms with Gasteiger partial charge in [0.05, 0.1) is 19.2 Å². The van der Waals surface area contributed by atoms with Crippen molar-refractivity contribution in [1.82, 2.24) is 9.97 Å². The predicted octanol–water partition coefficient (Wildman–Crippen LogP) is 3.83. The summed E-state index contributed by atoms with van der Waals surface area (Å²) in [7, 11) is -0.602. The van der Waals surface area contributed by atoms with Crippen molar-refractivity contribution < 1.29 is 18.7 Å². The molecule has 7 heteroatoms. The molecule has 0 aliphatic rings. The Morgan fingerprint density at radius 3 is 2.54 bits per heavy atom. The molecule has 5 nitrogen and oxygen atoms in total. The van der Waals surface area contributed by atoms with E-state index in [9.17, 15) is 9.50 Å². The SMILES string of the molecule is COc1ncc2ccc(F)c(C(O)CO[Si](C)(C)C(C)(C)C)c2n1. The maximum Gasteiger partial charge on any atom is 0.316 e. The predicted molar refractivity (Wildman–Crippen MR) is 94.2 cm³/mol. The number of nitrogens with zero attached hydrogens (tertiary/aromatic N) is 2. The summed E-state index contributed by atoms with van der Waals surface area (Å²) in [5, 5.41) is 11.2. The molecule has 132 valence electrons. The van der Waals surface area contributed by atoms with E-state index in [0.29, 0.717) is 10.9 Å². The second-order valence-corrected chi connectivity index (χ2v) is 12.2. The number of benzene rings is 1. The van der Waals surface area contributed by atoms with E-state index in [1.807, 2.05) is 0 Å². The van der Waals surface area contributed by atoms with Crippen LogP contribution in [0.3, 0.4) is 0 Å². The number of halogens is 1. The van der Waals surface area contributed by atoms with Crippen molar-refractivity contribution >= 4 is 19.2 Å². The van der Waals surface area contributed by atoms with Crippen LogP contribution in [-0.2, 0) is 4.43 Å². The molecule has 0 aliphatic carbocycles. The molecule has 1 unspecified atom stereocenters. The first-order valence-electron chi connectivity index (χ1n) is 7.88. The average molecular weight is 352 g/mol. The highest BCUT2D eigenvalue weighted by Gasteiger charge is 2.37. The molecule has 2 rings (SSSR count). The topological polar surface area (TPSA) is 64.5 Å². The second-order valence-electron chi connectivity index (χ2n) is 7.34. The Balaban J connectivity index is 2.35. The summed E-state index contributed by atoms with van der Waals surface area (Å²) in [6.07, 6.45) is 0.438. The van der Waals surface area contributed by atoms with Crippen LogP contribution < -0.4 is 4.74 Å². The number of hydrogen-bond donors (Lipinski definition) is 1. The van der Waals surface area contributed by atoms with Crippen LogP contribution in [0.1, 0.15) is 32.4 Å². The lowest BCUT2D eigenvalue weighted by Gasteiger charge is -2.36. The normalized spacial score (nSPS) is 14.0. The van der Waals surface area contributed by atoms with Crippen LogP contribution in [0.2, 0.25) is 18.1 Å². The molecular weight excluding hydrogens is 327 g/mol. The van der Waals surface area contributed by atoms with Crippen molar-refractivity contribution in [3.8, 4) is 6.01 Å². The van der Waals surface area contributed by atoms with Crippen LogP contribution in [0.4, 0.5) is 4.39 Å². The van der Waals surface area contributed by atoms with Crippen LogP contribution in [0, 0.1) is 5.82 Å². The number of hydrogen-bond acceptors (Lipinski definition) is 5. The van der Waals surface area contributed by atoms with Crippen molar-refractivity contribution in [2.24, 2.45) is 0 Å². The van der Waals surface area contributed by atoms with Gasteiger partial charge in [0.15, 0.2) is 8.32 Å². The standard InChI is InChI=1S/C17H25FN2O3Si/c1-17(2,3)24(5,6)23-10-13(21)14-12(18)8-7-11-9-19-16(22-4)20-15(11)14/h7-9,13,21H,10H2,1-6H3. The van der Waals surface area contributed by atoms with E-state index in [1.54, 1.807) is 12.3 Å². The van der Waals surface area contributed by atoms with Gasteiger partial charge in [-0.3, -0.25) is 0 Å². The van der Waals surface area contributed by atoms with Gasteiger partial charge in [-0.05, 0) is 30.3 Å². The number of aliphatic hydroxyl groups is 1. The fourth-order valence-corrected chi connectivity index (χ4v) is 3.09. The van der Waals surface area contributed by atoms with Crippen molar-refractivity contribution in [2.75, 3.05) is 13.7 Å². The van der Waals surface area contributed by atoms with E-state index in [0.717, 1.165) is 0 Å². The van der Waals surface area contributed by atoms with E-state index in [4.69, 9.17) is 9.16 Å². The third-order valence-corrected chi connectivity index (χ3v) is 9.14. The van der Waals surface area contributed by atoms with Crippen LogP contribution in [0.5, 0.6) is 6.01 Å². The van der Waals surface area contributed by atoms with E-state index in [1.165, 1.54) is 13.2 Å². The highest BCUT2D eigenvalue weighted by atomic mass is 28.4. The van der Waals surface area contributed by atoms with Gasteiger partial charge in [0, 0.05) is 17.1 Å². The molecule has 1 N–H and O–H groups in total. The fraction of sp³-hybridized carbons (Fsp3) is 0.529. The molecule has 1 atom stereocenters. The largest absolute Gasteiger partial charge is 0.467 e. The lowest BCUT2D eigenvalue weighted by atomic mass is 10.1. The van der Waals surface area contributed by atoms with Gasteiger partial charge in [-0.1, -0.05) is 20.8 Å². The van der Waals surface area contributed by atoms with Gasteiger partial charge in [-0.15, -0.1) is 0 Å². The van der Waals surface area contributed by atoms with Gasteiger partial charge in [-0.2, -0.15) is 4.98 Å². The zero-order chi connectivity index (χ0) is 18.1. The van der Waals surface area contributed by atoms with Crippen LogP contribution >= 0.6 is 0 Å². The molecular formula is C17H25FN2O3Si. The van der Waals surface area contributed by atoms with Crippen LogP contribution in [0.25, 0.3) is 10.9 Å². The van der Waals surface area contributed by atoms with Crippen molar-refractivity contribution in [1.29, 1.82) is 0 Å². The molecule has 0 fully saturated rings. The van der Waals surface area contributed by atoms with E-state index in [-0.39, 0.29) is 23.2 Å². The molecule has 1 aromatic heterocycles. The highest BCUT2D eigenvalue weighted by Crippen LogP contribution is 2.37. The fourth-order valence-electron chi connectivity index (χ4n) is 2.08. The molecule has 1 aromatic carbocycles. The van der Waals surface area contributed by atoms with E-state index >= 15 is 0 Å². The minimum absolute atomic E-state index is 0.00934. The molecule has 1 heterocycles. The molecule has 0 saturated heterocycles. The molecule has 0 spiro atoms. The Hall–Kier alpha value is -1.57. The number of rotatable bonds is 5. The van der Waals surface area contributed by atoms with Gasteiger partial charge >= 0.3 is 6.01 Å². The van der Waals surface area contributed by atoms with E-state index < -0.39 is 20.2 Å². The summed E-state index contributed by atoms with van der Waals surface area (Å²) in [5.74, 6) is -0.519. The van der Waals surface area contributed by atoms with Crippen LogP contribution in [-0.4, -0.2) is 37.1 Å². The summed E-state index contributed by atoms with van der Waals surface area (Å²) in [6.45, 7) is 10.5. The maximum absolute atomic E-state index is 14.4. The molecule has 2 aromatic rings. The number of ether oxygens (including phenoxy) is 1. The maximum atomic E-state index is 14.4. The average Bonchev–Trinajstić information content (AvgIpc) is 2.50. The number of fused-ring (bicyclic) bond motifs is 1. The quantitative estimate of drug-likeness (QED) is 0.829. The summed E-state index contributed by atoms with van der Waals surface area (Å²) in [6, 6.07) is 3.02. The Morgan fingerprint density at radius 2 is 1.96 bits per heavy atom. The summed E-state index contributed by atoms with van der Waals surface area (Å²) in [5.41, 5.74) is 0.458. The summed E-state index contributed by atoms with van der Waals surface area (Å²) >= 11 is 0.